The van der Waals surface area contributed by atoms with Crippen LogP contribution < -0.4 is 5.14 Å². The monoisotopic (exact) mass is 409 g/mol. The second-order valence-electron chi connectivity index (χ2n) is 7.30. The topological polar surface area (TPSA) is 117 Å². The summed E-state index contributed by atoms with van der Waals surface area (Å²) in [4.78, 5) is 9.09. The van der Waals surface area contributed by atoms with Crippen LogP contribution in [0.4, 0.5) is 0 Å². The van der Waals surface area contributed by atoms with Crippen molar-refractivity contribution in [3.05, 3.63) is 29.9 Å². The van der Waals surface area contributed by atoms with Crippen LogP contribution in [0.2, 0.25) is 0 Å². The highest BCUT2D eigenvalue weighted by molar-refractivity contribution is 7.98. The molecular formula is C17H23N5O3S2. The zero-order valence-corrected chi connectivity index (χ0v) is 17.4. The average Bonchev–Trinajstić information content (AvgIpc) is 3.17. The molecule has 1 aromatic carbocycles. The first-order valence-corrected chi connectivity index (χ1v) is 11.1. The third-order valence-electron chi connectivity index (χ3n) is 3.90. The minimum Gasteiger partial charge on any atom is -0.339 e. The molecule has 0 atom stereocenters. The first-order chi connectivity index (χ1) is 12.6. The maximum Gasteiger partial charge on any atom is 0.238 e. The molecule has 0 fully saturated rings. The van der Waals surface area contributed by atoms with Crippen molar-refractivity contribution in [1.29, 1.82) is 0 Å². The van der Waals surface area contributed by atoms with E-state index in [-0.39, 0.29) is 10.3 Å². The third-order valence-corrected chi connectivity index (χ3v) is 5.78. The van der Waals surface area contributed by atoms with Crippen molar-refractivity contribution in [3.8, 4) is 0 Å². The summed E-state index contributed by atoms with van der Waals surface area (Å²) >= 11 is 1.49. The molecule has 0 bridgehead atoms. The fraction of sp³-hybridized carbons (Fsp3) is 0.471. The van der Waals surface area contributed by atoms with E-state index in [9.17, 15) is 8.42 Å². The van der Waals surface area contributed by atoms with Gasteiger partial charge in [-0.25, -0.2) is 18.5 Å². The molecule has 3 aromatic rings. The van der Waals surface area contributed by atoms with Crippen LogP contribution in [-0.4, -0.2) is 28.1 Å². The molecule has 0 spiro atoms. The normalized spacial score (nSPS) is 12.8. The molecule has 2 heterocycles. The van der Waals surface area contributed by atoms with Gasteiger partial charge in [0.25, 0.3) is 0 Å². The summed E-state index contributed by atoms with van der Waals surface area (Å²) in [6.07, 6.45) is 0.923. The Morgan fingerprint density at radius 1 is 1.26 bits per heavy atom. The van der Waals surface area contributed by atoms with Crippen molar-refractivity contribution in [2.24, 2.45) is 5.14 Å². The Hall–Kier alpha value is -1.91. The van der Waals surface area contributed by atoms with E-state index in [0.717, 1.165) is 23.6 Å². The molecule has 10 heteroatoms. The fourth-order valence-corrected chi connectivity index (χ4v) is 3.98. The number of thioether (sulfide) groups is 1. The number of aryl methyl sites for hydroxylation is 1. The number of fused-ring (bicyclic) bond motifs is 1. The van der Waals surface area contributed by atoms with Gasteiger partial charge in [-0.2, -0.15) is 4.98 Å². The van der Waals surface area contributed by atoms with E-state index < -0.39 is 10.0 Å². The minimum absolute atomic E-state index is 0.0562. The number of nitrogens with two attached hydrogens (primary N) is 1. The third kappa shape index (κ3) is 4.33. The van der Waals surface area contributed by atoms with E-state index in [2.05, 4.69) is 26.6 Å². The molecule has 8 nitrogen and oxygen atoms in total. The summed E-state index contributed by atoms with van der Waals surface area (Å²) in [5.41, 5.74) is 1.27. The fourth-order valence-electron chi connectivity index (χ4n) is 2.56. The number of nitrogens with zero attached hydrogens (tertiary/aromatic N) is 4. The van der Waals surface area contributed by atoms with E-state index in [1.807, 2.05) is 20.8 Å². The number of imidazole rings is 1. The standard InChI is InChI=1S/C17H23N5O3S2/c1-5-8-22-13-7-6-11(27(18,23)24)9-12(13)19-16(22)26-10-14-20-15(25-21-14)17(2,3)4/h6-7,9H,5,8,10H2,1-4H3,(H2,18,23,24). The Labute approximate surface area is 162 Å². The van der Waals surface area contributed by atoms with Crippen LogP contribution in [0.15, 0.2) is 32.8 Å². The van der Waals surface area contributed by atoms with E-state index in [0.29, 0.717) is 23.0 Å². The van der Waals surface area contributed by atoms with E-state index in [4.69, 9.17) is 9.66 Å². The molecule has 2 N–H and O–H groups in total. The van der Waals surface area contributed by atoms with Gasteiger partial charge in [0.15, 0.2) is 11.0 Å². The molecule has 0 aliphatic heterocycles. The Morgan fingerprint density at radius 3 is 2.59 bits per heavy atom. The molecule has 0 amide bonds. The maximum atomic E-state index is 11.6. The predicted molar refractivity (Wildman–Crippen MR) is 104 cm³/mol. The van der Waals surface area contributed by atoms with Gasteiger partial charge in [0.1, 0.15) is 0 Å². The van der Waals surface area contributed by atoms with Crippen molar-refractivity contribution in [2.45, 2.75) is 61.9 Å². The molecule has 27 heavy (non-hydrogen) atoms. The quantitative estimate of drug-likeness (QED) is 0.622. The van der Waals surface area contributed by atoms with Crippen molar-refractivity contribution in [3.63, 3.8) is 0 Å². The number of primary sulfonamides is 1. The molecule has 0 saturated heterocycles. The van der Waals surface area contributed by atoms with Gasteiger partial charge in [-0.1, -0.05) is 44.6 Å². The number of hydrogen-bond donors (Lipinski definition) is 1. The van der Waals surface area contributed by atoms with Gasteiger partial charge < -0.3 is 9.09 Å². The van der Waals surface area contributed by atoms with E-state index in [1.54, 1.807) is 6.07 Å². The summed E-state index contributed by atoms with van der Waals surface area (Å²) in [7, 11) is -3.77. The summed E-state index contributed by atoms with van der Waals surface area (Å²) in [5.74, 6) is 1.71. The summed E-state index contributed by atoms with van der Waals surface area (Å²) in [5, 5.41) is 10.0. The van der Waals surface area contributed by atoms with Gasteiger partial charge in [0, 0.05) is 12.0 Å². The molecule has 0 aliphatic rings. The molecule has 0 radical (unpaired) electrons. The SMILES string of the molecule is CCCn1c(SCc2noc(C(C)(C)C)n2)nc2cc(S(N)(=O)=O)ccc21. The lowest BCUT2D eigenvalue weighted by Crippen LogP contribution is -2.11. The van der Waals surface area contributed by atoms with Gasteiger partial charge >= 0.3 is 0 Å². The number of sulfonamides is 1. The summed E-state index contributed by atoms with van der Waals surface area (Å²) in [6.45, 7) is 8.89. The zero-order valence-electron chi connectivity index (χ0n) is 15.8. The molecule has 0 saturated carbocycles. The van der Waals surface area contributed by atoms with Gasteiger partial charge in [-0.3, -0.25) is 0 Å². The first-order valence-electron chi connectivity index (χ1n) is 8.58. The lowest BCUT2D eigenvalue weighted by Gasteiger charge is -2.10. The number of aromatic nitrogens is 4. The number of hydrogen-bond acceptors (Lipinski definition) is 7. The summed E-state index contributed by atoms with van der Waals surface area (Å²) in [6, 6.07) is 4.76. The van der Waals surface area contributed by atoms with Crippen molar-refractivity contribution in [1.82, 2.24) is 19.7 Å². The number of benzene rings is 1. The molecule has 3 rings (SSSR count). The van der Waals surface area contributed by atoms with Gasteiger partial charge in [-0.15, -0.1) is 0 Å². The van der Waals surface area contributed by atoms with E-state index >= 15 is 0 Å². The lowest BCUT2D eigenvalue weighted by atomic mass is 9.97. The first kappa shape index (κ1) is 19.8. The van der Waals surface area contributed by atoms with Crippen LogP contribution in [0.5, 0.6) is 0 Å². The van der Waals surface area contributed by atoms with Crippen molar-refractivity contribution < 1.29 is 12.9 Å². The Balaban J connectivity index is 1.90. The van der Waals surface area contributed by atoms with Gasteiger partial charge in [0.2, 0.25) is 15.9 Å². The maximum absolute atomic E-state index is 11.6. The van der Waals surface area contributed by atoms with Crippen LogP contribution in [0.1, 0.15) is 45.8 Å². The minimum atomic E-state index is -3.77. The van der Waals surface area contributed by atoms with Crippen LogP contribution in [-0.2, 0) is 27.7 Å². The molecule has 0 aliphatic carbocycles. The highest BCUT2D eigenvalue weighted by atomic mass is 32.2. The smallest absolute Gasteiger partial charge is 0.238 e. The second-order valence-corrected chi connectivity index (χ2v) is 9.80. The highest BCUT2D eigenvalue weighted by Gasteiger charge is 2.22. The van der Waals surface area contributed by atoms with Crippen LogP contribution >= 0.6 is 11.8 Å². The van der Waals surface area contributed by atoms with Crippen molar-refractivity contribution >= 4 is 32.8 Å². The highest BCUT2D eigenvalue weighted by Crippen LogP contribution is 2.28. The molecular weight excluding hydrogens is 386 g/mol. The van der Waals surface area contributed by atoms with Crippen LogP contribution in [0.25, 0.3) is 11.0 Å². The lowest BCUT2D eigenvalue weighted by molar-refractivity contribution is 0.319. The van der Waals surface area contributed by atoms with Gasteiger partial charge in [-0.05, 0) is 24.6 Å². The largest absolute Gasteiger partial charge is 0.339 e. The van der Waals surface area contributed by atoms with E-state index in [1.165, 1.54) is 23.9 Å². The van der Waals surface area contributed by atoms with Gasteiger partial charge in [0.05, 0.1) is 21.7 Å². The van der Waals surface area contributed by atoms with Crippen LogP contribution in [0, 0.1) is 0 Å². The number of rotatable bonds is 6. The molecule has 2 aromatic heterocycles. The van der Waals surface area contributed by atoms with Crippen LogP contribution in [0.3, 0.4) is 0 Å². The predicted octanol–water partition coefficient (Wildman–Crippen LogP) is 3.07. The summed E-state index contributed by atoms with van der Waals surface area (Å²) < 4.78 is 30.6. The zero-order chi connectivity index (χ0) is 19.8. The Kier molecular flexibility index (Phi) is 5.33. The van der Waals surface area contributed by atoms with Crippen molar-refractivity contribution in [2.75, 3.05) is 0 Å². The Bertz CT molecular complexity index is 1060. The Morgan fingerprint density at radius 2 is 2.00 bits per heavy atom. The average molecular weight is 410 g/mol. The second kappa shape index (κ2) is 7.25. The molecule has 146 valence electrons. The molecule has 0 unspecified atom stereocenters.